The molecule has 4 fully saturated rings. The zero-order valence-electron chi connectivity index (χ0n) is 16.0. The van der Waals surface area contributed by atoms with Crippen LogP contribution in [0.4, 0.5) is 4.79 Å². The maximum absolute atomic E-state index is 11.8. The van der Waals surface area contributed by atoms with Crippen LogP contribution >= 0.6 is 0 Å². The van der Waals surface area contributed by atoms with E-state index in [1.807, 2.05) is 14.0 Å². The minimum atomic E-state index is -0.192. The zero-order chi connectivity index (χ0) is 18.1. The van der Waals surface area contributed by atoms with Crippen molar-refractivity contribution >= 4 is 12.1 Å². The molecular weight excluding hydrogens is 332 g/mol. The lowest BCUT2D eigenvalue weighted by Gasteiger charge is -2.63. The first kappa shape index (κ1) is 17.9. The molecule has 4 rings (SSSR count). The van der Waals surface area contributed by atoms with E-state index >= 15 is 0 Å². The van der Waals surface area contributed by atoms with Crippen LogP contribution in [0.25, 0.3) is 0 Å². The molecule has 1 amide bonds. The van der Waals surface area contributed by atoms with Crippen molar-refractivity contribution in [3.8, 4) is 0 Å². The monoisotopic (exact) mass is 364 g/mol. The number of rotatable bonds is 3. The topological polar surface area (TPSA) is 75.2 Å². The number of likely N-dealkylation sites (tertiary alicyclic amines) is 1. The van der Waals surface area contributed by atoms with Gasteiger partial charge in [0.05, 0.1) is 12.7 Å². The number of nitrogens with one attached hydrogen (secondary N) is 2. The summed E-state index contributed by atoms with van der Waals surface area (Å²) < 4.78 is 11.1. The standard InChI is InChI=1S/C19H32N4O3/c1-3-25-18(24)23-10-5-13(6-11-23)21-17(20-2)22-15-14-7-12-26-16(14)19(15)8-4-9-19/h13-16H,3-12H2,1-2H3,(H2,20,21,22). The van der Waals surface area contributed by atoms with Crippen LogP contribution in [-0.4, -0.2) is 68.5 Å². The summed E-state index contributed by atoms with van der Waals surface area (Å²) >= 11 is 0. The van der Waals surface area contributed by atoms with E-state index in [1.165, 1.54) is 25.7 Å². The van der Waals surface area contributed by atoms with Crippen LogP contribution in [0.3, 0.4) is 0 Å². The number of fused-ring (bicyclic) bond motifs is 2. The number of carbonyl (C=O) groups is 1. The quantitative estimate of drug-likeness (QED) is 0.589. The number of aliphatic imine (C=N–C) groups is 1. The van der Waals surface area contributed by atoms with Crippen molar-refractivity contribution < 1.29 is 14.3 Å². The second kappa shape index (κ2) is 7.25. The smallest absolute Gasteiger partial charge is 0.409 e. The fraction of sp³-hybridized carbons (Fsp3) is 0.895. The summed E-state index contributed by atoms with van der Waals surface area (Å²) in [7, 11) is 1.85. The number of piperidine rings is 1. The number of guanidine groups is 1. The van der Waals surface area contributed by atoms with Gasteiger partial charge in [0.1, 0.15) is 0 Å². The summed E-state index contributed by atoms with van der Waals surface area (Å²) in [6.07, 6.45) is 7.17. The Kier molecular flexibility index (Phi) is 4.99. The van der Waals surface area contributed by atoms with Crippen molar-refractivity contribution in [1.29, 1.82) is 0 Å². The second-order valence-corrected chi connectivity index (χ2v) is 8.13. The first-order valence-corrected chi connectivity index (χ1v) is 10.2. The van der Waals surface area contributed by atoms with Crippen molar-refractivity contribution in [3.63, 3.8) is 0 Å². The van der Waals surface area contributed by atoms with Crippen molar-refractivity contribution in [2.75, 3.05) is 33.4 Å². The summed E-state index contributed by atoms with van der Waals surface area (Å²) in [5, 5.41) is 7.30. The van der Waals surface area contributed by atoms with Crippen molar-refractivity contribution in [3.05, 3.63) is 0 Å². The molecule has 1 spiro atoms. The number of hydrogen-bond donors (Lipinski definition) is 2. The maximum atomic E-state index is 11.8. The number of amides is 1. The van der Waals surface area contributed by atoms with Gasteiger partial charge in [0, 0.05) is 50.2 Å². The molecule has 2 heterocycles. The maximum Gasteiger partial charge on any atom is 0.409 e. The van der Waals surface area contributed by atoms with Crippen molar-refractivity contribution in [1.82, 2.24) is 15.5 Å². The largest absolute Gasteiger partial charge is 0.450 e. The van der Waals surface area contributed by atoms with Gasteiger partial charge in [-0.25, -0.2) is 4.79 Å². The Labute approximate surface area is 155 Å². The Balaban J connectivity index is 1.29. The lowest BCUT2D eigenvalue weighted by Crippen LogP contribution is -2.72. The van der Waals surface area contributed by atoms with Gasteiger partial charge in [-0.3, -0.25) is 4.99 Å². The molecule has 2 aliphatic heterocycles. The highest BCUT2D eigenvalue weighted by molar-refractivity contribution is 5.80. The highest BCUT2D eigenvalue weighted by Gasteiger charge is 2.66. The number of hydrogen-bond acceptors (Lipinski definition) is 4. The summed E-state index contributed by atoms with van der Waals surface area (Å²) in [6.45, 7) is 4.66. The molecule has 3 unspecified atom stereocenters. The Morgan fingerprint density at radius 2 is 2.04 bits per heavy atom. The third-order valence-corrected chi connectivity index (χ3v) is 6.91. The van der Waals surface area contributed by atoms with Gasteiger partial charge in [-0.2, -0.15) is 0 Å². The molecular formula is C19H32N4O3. The van der Waals surface area contributed by atoms with Crippen LogP contribution in [0, 0.1) is 11.3 Å². The molecule has 146 valence electrons. The predicted molar refractivity (Wildman–Crippen MR) is 99.2 cm³/mol. The van der Waals surface area contributed by atoms with Gasteiger partial charge in [0.15, 0.2) is 5.96 Å². The first-order chi connectivity index (χ1) is 12.7. The van der Waals surface area contributed by atoms with E-state index in [-0.39, 0.29) is 6.09 Å². The van der Waals surface area contributed by atoms with Gasteiger partial charge in [0.2, 0.25) is 0 Å². The van der Waals surface area contributed by atoms with Crippen LogP contribution in [0.2, 0.25) is 0 Å². The molecule has 4 aliphatic rings. The van der Waals surface area contributed by atoms with Gasteiger partial charge < -0.3 is 25.0 Å². The molecule has 0 bridgehead atoms. The highest BCUT2D eigenvalue weighted by Crippen LogP contribution is 2.62. The van der Waals surface area contributed by atoms with E-state index in [4.69, 9.17) is 9.47 Å². The van der Waals surface area contributed by atoms with E-state index in [1.54, 1.807) is 4.90 Å². The first-order valence-electron chi connectivity index (χ1n) is 10.2. The van der Waals surface area contributed by atoms with E-state index in [0.29, 0.717) is 36.1 Å². The molecule has 0 aromatic rings. The molecule has 2 aliphatic carbocycles. The van der Waals surface area contributed by atoms with Gasteiger partial charge in [0.25, 0.3) is 0 Å². The van der Waals surface area contributed by atoms with Crippen LogP contribution in [0.15, 0.2) is 4.99 Å². The van der Waals surface area contributed by atoms with Crippen molar-refractivity contribution in [2.45, 2.75) is 63.6 Å². The van der Waals surface area contributed by atoms with Crippen LogP contribution in [0.5, 0.6) is 0 Å². The van der Waals surface area contributed by atoms with E-state index in [0.717, 1.165) is 38.5 Å². The molecule has 2 saturated heterocycles. The number of ether oxygens (including phenoxy) is 2. The Hall–Kier alpha value is -1.50. The molecule has 0 aromatic carbocycles. The zero-order valence-corrected chi connectivity index (χ0v) is 16.0. The molecule has 0 radical (unpaired) electrons. The lowest BCUT2D eigenvalue weighted by atomic mass is 9.46. The third kappa shape index (κ3) is 2.94. The Morgan fingerprint density at radius 3 is 2.65 bits per heavy atom. The molecule has 2 saturated carbocycles. The molecule has 2 N–H and O–H groups in total. The summed E-state index contributed by atoms with van der Waals surface area (Å²) in [5.41, 5.74) is 0.353. The minimum absolute atomic E-state index is 0.192. The molecule has 0 aromatic heterocycles. The fourth-order valence-electron chi connectivity index (χ4n) is 5.39. The predicted octanol–water partition coefficient (Wildman–Crippen LogP) is 1.73. The molecule has 3 atom stereocenters. The Morgan fingerprint density at radius 1 is 1.27 bits per heavy atom. The average Bonchev–Trinajstić information content (AvgIpc) is 3.03. The van der Waals surface area contributed by atoms with Gasteiger partial charge >= 0.3 is 6.09 Å². The fourth-order valence-corrected chi connectivity index (χ4v) is 5.39. The van der Waals surface area contributed by atoms with Crippen LogP contribution < -0.4 is 10.6 Å². The van der Waals surface area contributed by atoms with Gasteiger partial charge in [-0.15, -0.1) is 0 Å². The molecule has 7 heteroatoms. The van der Waals surface area contributed by atoms with Crippen LogP contribution in [-0.2, 0) is 9.47 Å². The Bertz CT molecular complexity index is 555. The summed E-state index contributed by atoms with van der Waals surface area (Å²) in [5.74, 6) is 1.54. The summed E-state index contributed by atoms with van der Waals surface area (Å²) in [4.78, 5) is 18.1. The lowest BCUT2D eigenvalue weighted by molar-refractivity contribution is -0.171. The normalized spacial score (nSPS) is 33.2. The van der Waals surface area contributed by atoms with E-state index < -0.39 is 0 Å². The SMILES string of the molecule is CCOC(=O)N1CCC(NC(=NC)NC2C3CCOC3C23CCC3)CC1. The minimum Gasteiger partial charge on any atom is -0.450 e. The number of nitrogens with zero attached hydrogens (tertiary/aromatic N) is 2. The van der Waals surface area contributed by atoms with Gasteiger partial charge in [-0.1, -0.05) is 6.42 Å². The third-order valence-electron chi connectivity index (χ3n) is 6.91. The average molecular weight is 364 g/mol. The van der Waals surface area contributed by atoms with Gasteiger partial charge in [-0.05, 0) is 39.0 Å². The van der Waals surface area contributed by atoms with Crippen LogP contribution in [0.1, 0.15) is 45.4 Å². The highest BCUT2D eigenvalue weighted by atomic mass is 16.6. The van der Waals surface area contributed by atoms with Crippen molar-refractivity contribution in [2.24, 2.45) is 16.3 Å². The molecule has 7 nitrogen and oxygen atoms in total. The summed E-state index contributed by atoms with van der Waals surface area (Å²) in [6, 6.07) is 0.842. The second-order valence-electron chi connectivity index (χ2n) is 8.13. The molecule has 26 heavy (non-hydrogen) atoms. The van der Waals surface area contributed by atoms with E-state index in [2.05, 4.69) is 15.6 Å². The number of carbonyl (C=O) groups excluding carboxylic acids is 1. The van der Waals surface area contributed by atoms with E-state index in [9.17, 15) is 4.79 Å².